The molecule has 2 nitrogen and oxygen atoms in total. The smallest absolute Gasteiger partial charge is 0.133 e. The molecule has 1 heterocycles. The van der Waals surface area contributed by atoms with E-state index in [2.05, 4.69) is 72.8 Å². The van der Waals surface area contributed by atoms with E-state index in [4.69, 9.17) is 4.74 Å². The van der Waals surface area contributed by atoms with Crippen LogP contribution in [0.3, 0.4) is 0 Å². The van der Waals surface area contributed by atoms with E-state index in [-0.39, 0.29) is 6.10 Å². The highest BCUT2D eigenvalue weighted by Gasteiger charge is 2.25. The lowest BCUT2D eigenvalue weighted by atomic mass is 9.94. The molecule has 0 amide bonds. The summed E-state index contributed by atoms with van der Waals surface area (Å²) in [6, 6.07) is 19.6. The van der Waals surface area contributed by atoms with Gasteiger partial charge < -0.3 is 9.64 Å². The van der Waals surface area contributed by atoms with Gasteiger partial charge >= 0.3 is 0 Å². The van der Waals surface area contributed by atoms with Gasteiger partial charge in [-0.25, -0.2) is 0 Å². The van der Waals surface area contributed by atoms with Gasteiger partial charge in [-0.15, -0.1) is 11.8 Å². The minimum absolute atomic E-state index is 0.102. The summed E-state index contributed by atoms with van der Waals surface area (Å²) in [7, 11) is 2.25. The molecule has 2 aromatic rings. The maximum atomic E-state index is 6.53. The maximum Gasteiger partial charge on any atom is 0.133 e. The predicted octanol–water partition coefficient (Wildman–Crippen LogP) is 5.40. The third-order valence-electron chi connectivity index (χ3n) is 4.92. The Balaban J connectivity index is 1.82. The topological polar surface area (TPSA) is 12.5 Å². The van der Waals surface area contributed by atoms with Crippen molar-refractivity contribution in [3.05, 3.63) is 60.2 Å². The molecule has 0 bridgehead atoms. The van der Waals surface area contributed by atoms with Crippen LogP contribution in [-0.4, -0.2) is 30.8 Å². The van der Waals surface area contributed by atoms with Gasteiger partial charge in [0.15, 0.2) is 0 Å². The Bertz CT molecular complexity index is 631. The predicted molar refractivity (Wildman–Crippen MR) is 103 cm³/mol. The first-order chi connectivity index (χ1) is 11.8. The van der Waals surface area contributed by atoms with Crippen molar-refractivity contribution in [2.24, 2.45) is 0 Å². The van der Waals surface area contributed by atoms with E-state index < -0.39 is 0 Å². The summed E-state index contributed by atoms with van der Waals surface area (Å²) in [5.41, 5.74) is 1.27. The molecule has 1 saturated heterocycles. The van der Waals surface area contributed by atoms with Gasteiger partial charge in [0.05, 0.1) is 0 Å². The second kappa shape index (κ2) is 8.59. The van der Waals surface area contributed by atoms with Crippen LogP contribution in [0.2, 0.25) is 0 Å². The molecule has 24 heavy (non-hydrogen) atoms. The monoisotopic (exact) mass is 341 g/mol. The van der Waals surface area contributed by atoms with Crippen molar-refractivity contribution in [2.75, 3.05) is 19.8 Å². The quantitative estimate of drug-likeness (QED) is 0.653. The number of nitrogens with zero attached hydrogens (tertiary/aromatic N) is 1. The van der Waals surface area contributed by atoms with E-state index in [1.165, 1.54) is 36.3 Å². The Kier molecular flexibility index (Phi) is 6.22. The van der Waals surface area contributed by atoms with Crippen LogP contribution in [0.4, 0.5) is 0 Å². The first kappa shape index (κ1) is 17.4. The van der Waals surface area contributed by atoms with E-state index in [0.29, 0.717) is 6.04 Å². The highest BCUT2D eigenvalue weighted by atomic mass is 32.2. The molecule has 0 N–H and O–H groups in total. The van der Waals surface area contributed by atoms with E-state index in [0.717, 1.165) is 12.2 Å². The lowest BCUT2D eigenvalue weighted by molar-refractivity contribution is 0.107. The highest BCUT2D eigenvalue weighted by Crippen LogP contribution is 2.34. The molecule has 2 aromatic carbocycles. The first-order valence-corrected chi connectivity index (χ1v) is 10.1. The minimum Gasteiger partial charge on any atom is -0.485 e. The fourth-order valence-corrected chi connectivity index (χ4v) is 4.01. The summed E-state index contributed by atoms with van der Waals surface area (Å²) in [6.07, 6.45) is 7.17. The molecule has 0 spiro atoms. The summed E-state index contributed by atoms with van der Waals surface area (Å²) >= 11 is 1.74. The number of benzene rings is 2. The molecule has 0 radical (unpaired) electrons. The number of rotatable bonds is 6. The summed E-state index contributed by atoms with van der Waals surface area (Å²) < 4.78 is 6.53. The van der Waals surface area contributed by atoms with E-state index in [9.17, 15) is 0 Å². The zero-order chi connectivity index (χ0) is 16.8. The van der Waals surface area contributed by atoms with Gasteiger partial charge in [-0.3, -0.25) is 0 Å². The van der Waals surface area contributed by atoms with Gasteiger partial charge in [0.1, 0.15) is 11.9 Å². The SMILES string of the molecule is CSc1ccccc1OC(CC1CCCCN1C)c1ccccc1. The fourth-order valence-electron chi connectivity index (χ4n) is 3.48. The highest BCUT2D eigenvalue weighted by molar-refractivity contribution is 7.98. The average molecular weight is 342 g/mol. The van der Waals surface area contributed by atoms with Gasteiger partial charge in [0, 0.05) is 17.4 Å². The lowest BCUT2D eigenvalue weighted by Crippen LogP contribution is -2.37. The van der Waals surface area contributed by atoms with Gasteiger partial charge in [-0.1, -0.05) is 48.9 Å². The second-order valence-corrected chi connectivity index (χ2v) is 7.38. The number of hydrogen-bond donors (Lipinski definition) is 0. The van der Waals surface area contributed by atoms with Crippen LogP contribution in [-0.2, 0) is 0 Å². The number of thioether (sulfide) groups is 1. The molecule has 2 unspecified atom stereocenters. The summed E-state index contributed by atoms with van der Waals surface area (Å²) in [4.78, 5) is 3.71. The molecule has 128 valence electrons. The van der Waals surface area contributed by atoms with Crippen molar-refractivity contribution in [2.45, 2.75) is 42.7 Å². The molecule has 0 aliphatic carbocycles. The third-order valence-corrected chi connectivity index (χ3v) is 5.69. The molecule has 0 saturated carbocycles. The van der Waals surface area contributed by atoms with E-state index in [1.807, 2.05) is 0 Å². The van der Waals surface area contributed by atoms with E-state index >= 15 is 0 Å². The van der Waals surface area contributed by atoms with Crippen LogP contribution in [0.1, 0.15) is 37.4 Å². The van der Waals surface area contributed by atoms with Gasteiger partial charge in [-0.05, 0) is 50.4 Å². The molecule has 3 rings (SSSR count). The number of piperidine rings is 1. The lowest BCUT2D eigenvalue weighted by Gasteiger charge is -2.35. The standard InChI is InChI=1S/C21H27NOS/c1-22-15-9-8-12-18(22)16-20(17-10-4-3-5-11-17)23-19-13-6-7-14-21(19)24-2/h3-7,10-11,13-14,18,20H,8-9,12,15-16H2,1-2H3. The third kappa shape index (κ3) is 4.34. The van der Waals surface area contributed by atoms with Crippen LogP contribution in [0, 0.1) is 0 Å². The van der Waals surface area contributed by atoms with Crippen molar-refractivity contribution < 1.29 is 4.74 Å². The number of hydrogen-bond acceptors (Lipinski definition) is 3. The normalized spacial score (nSPS) is 19.8. The van der Waals surface area contributed by atoms with Crippen molar-refractivity contribution in [1.29, 1.82) is 0 Å². The Hall–Kier alpha value is -1.45. The zero-order valence-electron chi connectivity index (χ0n) is 14.7. The van der Waals surface area contributed by atoms with Crippen molar-refractivity contribution >= 4 is 11.8 Å². The molecule has 1 aliphatic heterocycles. The molecule has 1 fully saturated rings. The number of likely N-dealkylation sites (tertiary alicyclic amines) is 1. The number of ether oxygens (including phenoxy) is 1. The van der Waals surface area contributed by atoms with Crippen molar-refractivity contribution in [3.63, 3.8) is 0 Å². The minimum atomic E-state index is 0.102. The Morgan fingerprint density at radius 1 is 1.08 bits per heavy atom. The first-order valence-electron chi connectivity index (χ1n) is 8.83. The van der Waals surface area contributed by atoms with Crippen LogP contribution in [0.5, 0.6) is 5.75 Å². The largest absolute Gasteiger partial charge is 0.485 e. The van der Waals surface area contributed by atoms with Crippen molar-refractivity contribution in [3.8, 4) is 5.75 Å². The molecule has 3 heteroatoms. The van der Waals surface area contributed by atoms with Crippen LogP contribution in [0.25, 0.3) is 0 Å². The Morgan fingerprint density at radius 2 is 1.83 bits per heavy atom. The van der Waals surface area contributed by atoms with Crippen LogP contribution >= 0.6 is 11.8 Å². The second-order valence-electron chi connectivity index (χ2n) is 6.53. The van der Waals surface area contributed by atoms with Crippen molar-refractivity contribution in [1.82, 2.24) is 4.90 Å². The van der Waals surface area contributed by atoms with Gasteiger partial charge in [0.25, 0.3) is 0 Å². The molecule has 1 aliphatic rings. The molecule has 2 atom stereocenters. The Morgan fingerprint density at radius 3 is 2.58 bits per heavy atom. The van der Waals surface area contributed by atoms with Gasteiger partial charge in [0.2, 0.25) is 0 Å². The number of para-hydroxylation sites is 1. The summed E-state index contributed by atoms with van der Waals surface area (Å²) in [5, 5.41) is 0. The van der Waals surface area contributed by atoms with Gasteiger partial charge in [-0.2, -0.15) is 0 Å². The van der Waals surface area contributed by atoms with Crippen LogP contribution < -0.4 is 4.74 Å². The molecular formula is C21H27NOS. The summed E-state index contributed by atoms with van der Waals surface area (Å²) in [6.45, 7) is 1.20. The molecule has 0 aromatic heterocycles. The Labute approximate surface area is 150 Å². The maximum absolute atomic E-state index is 6.53. The molecular weight excluding hydrogens is 314 g/mol. The van der Waals surface area contributed by atoms with Crippen LogP contribution in [0.15, 0.2) is 59.5 Å². The van der Waals surface area contributed by atoms with E-state index in [1.54, 1.807) is 11.8 Å². The average Bonchev–Trinajstić information content (AvgIpc) is 2.64. The fraction of sp³-hybridized carbons (Fsp3) is 0.429. The summed E-state index contributed by atoms with van der Waals surface area (Å²) in [5.74, 6) is 0.998. The zero-order valence-corrected chi connectivity index (χ0v) is 15.5.